The summed E-state index contributed by atoms with van der Waals surface area (Å²) in [6, 6.07) is 8.84. The van der Waals surface area contributed by atoms with Gasteiger partial charge in [0, 0.05) is 17.7 Å². The lowest BCUT2D eigenvalue weighted by atomic mass is 10.0. The molecule has 40 heavy (non-hydrogen) atoms. The second kappa shape index (κ2) is 12.2. The number of β-lactam (4-membered cyclic amide) rings is 1. The molecular formula is C23H18N8O6S3. The number of carbonyl (C=O) groups is 4. The third-order valence-corrected chi connectivity index (χ3v) is 8.81. The van der Waals surface area contributed by atoms with E-state index in [1.165, 1.54) is 52.0 Å². The molecule has 0 spiro atoms. The Morgan fingerprint density at radius 3 is 2.83 bits per heavy atom. The van der Waals surface area contributed by atoms with Crippen LogP contribution in [0.4, 0.5) is 5.82 Å². The van der Waals surface area contributed by atoms with Gasteiger partial charge in [-0.15, -0.1) is 22.0 Å². The number of thioether (sulfide) groups is 2. The number of oxime groups is 1. The Kier molecular flexibility index (Phi) is 8.32. The summed E-state index contributed by atoms with van der Waals surface area (Å²) >= 11 is 4.00. The number of amides is 3. The Hall–Kier alpha value is -4.35. The molecule has 0 aliphatic carbocycles. The molecule has 2 atom stereocenters. The molecule has 3 amide bonds. The maximum absolute atomic E-state index is 13.4. The fourth-order valence-electron chi connectivity index (χ4n) is 3.76. The van der Waals surface area contributed by atoms with Gasteiger partial charge in [0.15, 0.2) is 15.9 Å². The molecular weight excluding hydrogens is 581 g/mol. The van der Waals surface area contributed by atoms with Crippen molar-refractivity contribution in [2.24, 2.45) is 5.16 Å². The first-order valence-electron chi connectivity index (χ1n) is 11.4. The van der Waals surface area contributed by atoms with E-state index < -0.39 is 29.2 Å². The third-order valence-electron chi connectivity index (χ3n) is 5.52. The summed E-state index contributed by atoms with van der Waals surface area (Å²) < 4.78 is 0.684. The summed E-state index contributed by atoms with van der Waals surface area (Å²) in [7, 11) is 0. The van der Waals surface area contributed by atoms with Gasteiger partial charge in [0.25, 0.3) is 11.8 Å². The van der Waals surface area contributed by atoms with Crippen molar-refractivity contribution < 1.29 is 29.1 Å². The SMILES string of the molecule is O=CNc1ccnc(C(=NOc2ccccc2)C(=O)NC2C(=O)N3C(C(=O)O)=C(CSc4nncs4)CS[C@H]23)n1. The van der Waals surface area contributed by atoms with E-state index in [4.69, 9.17) is 4.84 Å². The molecule has 3 aromatic rings. The fraction of sp³-hybridized carbons (Fsp3) is 0.174. The largest absolute Gasteiger partial charge is 0.477 e. The molecule has 2 aliphatic heterocycles. The third kappa shape index (κ3) is 5.80. The van der Waals surface area contributed by atoms with E-state index in [1.807, 2.05) is 0 Å². The topological polar surface area (TPSA) is 189 Å². The molecule has 0 saturated carbocycles. The molecule has 0 bridgehead atoms. The molecule has 14 nitrogen and oxygen atoms in total. The number of hydrogen-bond acceptors (Lipinski definition) is 13. The molecule has 17 heteroatoms. The van der Waals surface area contributed by atoms with Crippen LogP contribution in [0.3, 0.4) is 0 Å². The maximum Gasteiger partial charge on any atom is 0.352 e. The molecule has 1 unspecified atom stereocenters. The number of rotatable bonds is 11. The maximum atomic E-state index is 13.4. The Bertz CT molecular complexity index is 1500. The lowest BCUT2D eigenvalue weighted by Crippen LogP contribution is -2.71. The van der Waals surface area contributed by atoms with E-state index in [9.17, 15) is 24.3 Å². The van der Waals surface area contributed by atoms with Crippen molar-refractivity contribution in [2.45, 2.75) is 15.8 Å². The van der Waals surface area contributed by atoms with E-state index in [0.29, 0.717) is 33.6 Å². The minimum absolute atomic E-state index is 0.103. The standard InChI is InChI=1S/C23H18N8O6S3/c32-10-25-14-6-7-24-18(27-14)15(30-37-13-4-2-1-3-5-13)19(33)28-16-20(34)31-17(22(35)36)12(8-38-21(16)31)9-39-23-29-26-11-40-23/h1-7,10-11,16,21H,8-9H2,(H,28,33)(H,35,36)(H,24,25,27,32)/t16?,21-/m1/s1. The quantitative estimate of drug-likeness (QED) is 0.0942. The Balaban J connectivity index is 1.35. The lowest BCUT2D eigenvalue weighted by Gasteiger charge is -2.49. The number of benzene rings is 1. The Labute approximate surface area is 238 Å². The predicted octanol–water partition coefficient (Wildman–Crippen LogP) is 1.21. The highest BCUT2D eigenvalue weighted by atomic mass is 32.2. The van der Waals surface area contributed by atoms with Gasteiger partial charge in [-0.25, -0.2) is 14.8 Å². The predicted molar refractivity (Wildman–Crippen MR) is 146 cm³/mol. The highest BCUT2D eigenvalue weighted by Gasteiger charge is 2.54. The van der Waals surface area contributed by atoms with Gasteiger partial charge in [0.05, 0.1) is 0 Å². The number of hydrogen-bond donors (Lipinski definition) is 3. The minimum Gasteiger partial charge on any atom is -0.477 e. The van der Waals surface area contributed by atoms with Crippen LogP contribution >= 0.6 is 34.9 Å². The highest BCUT2D eigenvalue weighted by molar-refractivity contribution is 8.01. The molecule has 0 radical (unpaired) electrons. The van der Waals surface area contributed by atoms with Gasteiger partial charge in [-0.2, -0.15) is 0 Å². The summed E-state index contributed by atoms with van der Waals surface area (Å²) in [5, 5.41) is 25.9. The van der Waals surface area contributed by atoms with Crippen LogP contribution in [-0.4, -0.2) is 83.0 Å². The first kappa shape index (κ1) is 27.2. The zero-order valence-electron chi connectivity index (χ0n) is 20.2. The molecule has 1 saturated heterocycles. The van der Waals surface area contributed by atoms with Gasteiger partial charge in [-0.05, 0) is 23.8 Å². The van der Waals surface area contributed by atoms with Crippen LogP contribution in [0.2, 0.25) is 0 Å². The molecule has 2 aliphatic rings. The first-order chi connectivity index (χ1) is 19.5. The van der Waals surface area contributed by atoms with Crippen molar-refractivity contribution in [3.05, 3.63) is 65.2 Å². The molecule has 2 aromatic heterocycles. The Morgan fingerprint density at radius 2 is 2.10 bits per heavy atom. The van der Waals surface area contributed by atoms with Crippen molar-refractivity contribution in [1.82, 2.24) is 30.4 Å². The van der Waals surface area contributed by atoms with Crippen LogP contribution in [0.5, 0.6) is 5.75 Å². The van der Waals surface area contributed by atoms with Gasteiger partial charge in [-0.3, -0.25) is 19.3 Å². The molecule has 5 rings (SSSR count). The van der Waals surface area contributed by atoms with Crippen LogP contribution in [0.15, 0.2) is 68.9 Å². The normalized spacial score (nSPS) is 18.4. The summed E-state index contributed by atoms with van der Waals surface area (Å²) in [6.45, 7) is 0. The first-order valence-corrected chi connectivity index (χ1v) is 14.3. The van der Waals surface area contributed by atoms with Crippen molar-refractivity contribution in [1.29, 1.82) is 0 Å². The van der Waals surface area contributed by atoms with Gasteiger partial charge in [0.2, 0.25) is 12.1 Å². The van der Waals surface area contributed by atoms with Crippen molar-refractivity contribution in [3.8, 4) is 5.75 Å². The van der Waals surface area contributed by atoms with Crippen molar-refractivity contribution in [3.63, 3.8) is 0 Å². The van der Waals surface area contributed by atoms with Gasteiger partial charge < -0.3 is 20.6 Å². The average molecular weight is 599 g/mol. The average Bonchev–Trinajstić information content (AvgIpc) is 3.49. The van der Waals surface area contributed by atoms with Gasteiger partial charge >= 0.3 is 5.97 Å². The summed E-state index contributed by atoms with van der Waals surface area (Å²) in [5.41, 5.74) is 1.69. The number of fused-ring (bicyclic) bond motifs is 1. The number of aromatic nitrogens is 4. The van der Waals surface area contributed by atoms with E-state index in [1.54, 1.807) is 35.8 Å². The van der Waals surface area contributed by atoms with E-state index >= 15 is 0 Å². The fourth-order valence-corrected chi connectivity index (χ4v) is 6.73. The minimum atomic E-state index is -1.23. The lowest BCUT2D eigenvalue weighted by molar-refractivity contribution is -0.150. The van der Waals surface area contributed by atoms with Crippen LogP contribution in [0.1, 0.15) is 5.82 Å². The summed E-state index contributed by atoms with van der Waals surface area (Å²) in [5.74, 6) is -1.69. The molecule has 4 heterocycles. The molecule has 1 fully saturated rings. The monoisotopic (exact) mass is 598 g/mol. The van der Waals surface area contributed by atoms with Crippen LogP contribution in [0, 0.1) is 0 Å². The number of anilines is 1. The molecule has 204 valence electrons. The zero-order chi connectivity index (χ0) is 28.1. The van der Waals surface area contributed by atoms with E-state index in [-0.39, 0.29) is 23.1 Å². The second-order valence-electron chi connectivity index (χ2n) is 7.98. The summed E-state index contributed by atoms with van der Waals surface area (Å²) in [4.78, 5) is 64.2. The number of para-hydroxylation sites is 1. The van der Waals surface area contributed by atoms with Crippen LogP contribution in [-0.2, 0) is 19.2 Å². The summed E-state index contributed by atoms with van der Waals surface area (Å²) in [6.07, 6.45) is 1.73. The van der Waals surface area contributed by atoms with Crippen molar-refractivity contribution >= 4 is 70.6 Å². The van der Waals surface area contributed by atoms with Gasteiger partial charge in [0.1, 0.15) is 28.4 Å². The number of carbonyl (C=O) groups excluding carboxylic acids is 3. The number of carboxylic acid groups (broad SMARTS) is 1. The Morgan fingerprint density at radius 1 is 1.27 bits per heavy atom. The van der Waals surface area contributed by atoms with E-state index in [0.717, 1.165) is 0 Å². The number of nitrogens with zero attached hydrogens (tertiary/aromatic N) is 6. The number of carboxylic acids is 1. The zero-order valence-corrected chi connectivity index (χ0v) is 22.6. The van der Waals surface area contributed by atoms with Crippen LogP contribution in [0.25, 0.3) is 0 Å². The highest BCUT2D eigenvalue weighted by Crippen LogP contribution is 2.41. The van der Waals surface area contributed by atoms with Crippen LogP contribution < -0.4 is 15.5 Å². The number of nitrogens with one attached hydrogen (secondary N) is 2. The molecule has 1 aromatic carbocycles. The second-order valence-corrected chi connectivity index (χ2v) is 11.1. The van der Waals surface area contributed by atoms with Gasteiger partial charge in [-0.1, -0.05) is 46.5 Å². The smallest absolute Gasteiger partial charge is 0.352 e. The molecule has 3 N–H and O–H groups in total. The van der Waals surface area contributed by atoms with Crippen molar-refractivity contribution in [2.75, 3.05) is 16.8 Å². The van der Waals surface area contributed by atoms with E-state index in [2.05, 4.69) is 36.0 Å². The number of aliphatic carboxylic acids is 1.